The molecule has 0 atom stereocenters. The van der Waals surface area contributed by atoms with Gasteiger partial charge in [0.1, 0.15) is 0 Å². The molecule has 1 fully saturated rings. The molecule has 0 spiro atoms. The van der Waals surface area contributed by atoms with Crippen LogP contribution in [0.5, 0.6) is 0 Å². The summed E-state index contributed by atoms with van der Waals surface area (Å²) in [5.74, 6) is 0.831. The van der Waals surface area contributed by atoms with Crippen LogP contribution in [0.3, 0.4) is 0 Å². The zero-order valence-electron chi connectivity index (χ0n) is 14.3. The second-order valence-corrected chi connectivity index (χ2v) is 7.01. The highest BCUT2D eigenvalue weighted by molar-refractivity contribution is 7.13. The molecule has 0 aliphatic carbocycles. The molecule has 4 rings (SSSR count). The Bertz CT molecular complexity index is 811. The van der Waals surface area contributed by atoms with Gasteiger partial charge in [-0.15, -0.1) is 11.3 Å². The minimum atomic E-state index is 0.831. The quantitative estimate of drug-likeness (QED) is 0.721. The zero-order chi connectivity index (χ0) is 17.1. The van der Waals surface area contributed by atoms with Crippen LogP contribution in [0.2, 0.25) is 0 Å². The standard InChI is InChI=1S/C19H21N5S/c1-2-23-9-11-24(12-10-23)19-21-14-16(15-5-7-20-8-6-15)18(22-19)17-4-3-13-25-17/h3-8,13-14H,2,9-12H2,1H3. The number of piperazine rings is 1. The van der Waals surface area contributed by atoms with E-state index in [-0.39, 0.29) is 0 Å². The van der Waals surface area contributed by atoms with E-state index >= 15 is 0 Å². The van der Waals surface area contributed by atoms with Gasteiger partial charge in [0.25, 0.3) is 0 Å². The molecule has 3 aromatic heterocycles. The van der Waals surface area contributed by atoms with Crippen molar-refractivity contribution in [3.05, 3.63) is 48.2 Å². The highest BCUT2D eigenvalue weighted by Gasteiger charge is 2.20. The first kappa shape index (κ1) is 16.2. The topological polar surface area (TPSA) is 45.2 Å². The summed E-state index contributed by atoms with van der Waals surface area (Å²) in [7, 11) is 0. The molecule has 25 heavy (non-hydrogen) atoms. The average Bonchev–Trinajstić information content (AvgIpc) is 3.23. The molecule has 1 aliphatic rings. The lowest BCUT2D eigenvalue weighted by Gasteiger charge is -2.34. The summed E-state index contributed by atoms with van der Waals surface area (Å²) >= 11 is 1.71. The van der Waals surface area contributed by atoms with Crippen molar-refractivity contribution in [2.45, 2.75) is 6.92 Å². The third-order valence-electron chi connectivity index (χ3n) is 4.62. The highest BCUT2D eigenvalue weighted by Crippen LogP contribution is 2.33. The third kappa shape index (κ3) is 3.41. The number of hydrogen-bond donors (Lipinski definition) is 0. The molecule has 0 amide bonds. The normalized spacial score (nSPS) is 15.5. The highest BCUT2D eigenvalue weighted by atomic mass is 32.1. The fourth-order valence-electron chi connectivity index (χ4n) is 3.13. The summed E-state index contributed by atoms with van der Waals surface area (Å²) in [5.41, 5.74) is 3.16. The molecular weight excluding hydrogens is 330 g/mol. The lowest BCUT2D eigenvalue weighted by Crippen LogP contribution is -2.46. The first-order valence-electron chi connectivity index (χ1n) is 8.64. The summed E-state index contributed by atoms with van der Waals surface area (Å²) in [6.07, 6.45) is 5.58. The monoisotopic (exact) mass is 351 g/mol. The molecule has 6 heteroatoms. The Labute approximate surface area is 152 Å². The van der Waals surface area contributed by atoms with Gasteiger partial charge in [0.05, 0.1) is 10.6 Å². The van der Waals surface area contributed by atoms with Gasteiger partial charge < -0.3 is 9.80 Å². The number of likely N-dealkylation sites (N-methyl/N-ethyl adjacent to an activating group) is 1. The largest absolute Gasteiger partial charge is 0.338 e. The molecular formula is C19H21N5S. The second-order valence-electron chi connectivity index (χ2n) is 6.07. The van der Waals surface area contributed by atoms with Crippen molar-refractivity contribution in [2.24, 2.45) is 0 Å². The fraction of sp³-hybridized carbons (Fsp3) is 0.316. The number of nitrogens with zero attached hydrogens (tertiary/aromatic N) is 5. The van der Waals surface area contributed by atoms with E-state index in [2.05, 4.69) is 44.2 Å². The molecule has 1 saturated heterocycles. The number of hydrogen-bond acceptors (Lipinski definition) is 6. The minimum absolute atomic E-state index is 0.831. The summed E-state index contributed by atoms with van der Waals surface area (Å²) in [6, 6.07) is 8.21. The van der Waals surface area contributed by atoms with Crippen molar-refractivity contribution in [1.29, 1.82) is 0 Å². The lowest BCUT2D eigenvalue weighted by molar-refractivity contribution is 0.270. The molecule has 0 saturated carbocycles. The third-order valence-corrected chi connectivity index (χ3v) is 5.50. The van der Waals surface area contributed by atoms with E-state index < -0.39 is 0 Å². The first-order chi connectivity index (χ1) is 12.3. The number of pyridine rings is 1. The number of rotatable bonds is 4. The SMILES string of the molecule is CCN1CCN(c2ncc(-c3ccncc3)c(-c3cccs3)n2)CC1. The molecule has 0 unspecified atom stereocenters. The molecule has 3 aromatic rings. The van der Waals surface area contributed by atoms with Gasteiger partial charge in [0.15, 0.2) is 0 Å². The van der Waals surface area contributed by atoms with Crippen LogP contribution in [0.25, 0.3) is 21.7 Å². The molecule has 1 aliphatic heterocycles. The van der Waals surface area contributed by atoms with E-state index in [9.17, 15) is 0 Å². The Morgan fingerprint density at radius 1 is 1.08 bits per heavy atom. The van der Waals surface area contributed by atoms with Gasteiger partial charge in [-0.25, -0.2) is 9.97 Å². The number of thiophene rings is 1. The van der Waals surface area contributed by atoms with E-state index in [1.807, 2.05) is 30.7 Å². The van der Waals surface area contributed by atoms with Crippen LogP contribution in [0.4, 0.5) is 5.95 Å². The second kappa shape index (κ2) is 7.29. The van der Waals surface area contributed by atoms with Crippen molar-refractivity contribution in [1.82, 2.24) is 19.9 Å². The van der Waals surface area contributed by atoms with Crippen LogP contribution in [0.15, 0.2) is 48.2 Å². The van der Waals surface area contributed by atoms with E-state index in [1.165, 1.54) is 4.88 Å². The van der Waals surface area contributed by atoms with Gasteiger partial charge in [0, 0.05) is 50.3 Å². The predicted molar refractivity (Wildman–Crippen MR) is 103 cm³/mol. The van der Waals surface area contributed by atoms with Crippen molar-refractivity contribution < 1.29 is 0 Å². The molecule has 5 nitrogen and oxygen atoms in total. The van der Waals surface area contributed by atoms with Gasteiger partial charge in [-0.05, 0) is 35.7 Å². The van der Waals surface area contributed by atoms with E-state index in [4.69, 9.17) is 4.98 Å². The maximum absolute atomic E-state index is 4.95. The van der Waals surface area contributed by atoms with Gasteiger partial charge in [0.2, 0.25) is 5.95 Å². The summed E-state index contributed by atoms with van der Waals surface area (Å²) < 4.78 is 0. The molecule has 0 aromatic carbocycles. The molecule has 0 N–H and O–H groups in total. The zero-order valence-corrected chi connectivity index (χ0v) is 15.1. The lowest BCUT2D eigenvalue weighted by atomic mass is 10.1. The van der Waals surface area contributed by atoms with Gasteiger partial charge in [-0.2, -0.15) is 0 Å². The molecule has 0 bridgehead atoms. The molecule has 0 radical (unpaired) electrons. The summed E-state index contributed by atoms with van der Waals surface area (Å²) in [5, 5.41) is 2.09. The van der Waals surface area contributed by atoms with Crippen molar-refractivity contribution in [3.63, 3.8) is 0 Å². The van der Waals surface area contributed by atoms with Gasteiger partial charge in [-0.3, -0.25) is 4.98 Å². The van der Waals surface area contributed by atoms with Crippen molar-refractivity contribution in [3.8, 4) is 21.7 Å². The van der Waals surface area contributed by atoms with Crippen LogP contribution < -0.4 is 4.90 Å². The molecule has 4 heterocycles. The number of anilines is 1. The van der Waals surface area contributed by atoms with Crippen LogP contribution in [0, 0.1) is 0 Å². The first-order valence-corrected chi connectivity index (χ1v) is 9.51. The van der Waals surface area contributed by atoms with E-state index in [0.717, 1.165) is 55.5 Å². The van der Waals surface area contributed by atoms with Crippen LogP contribution in [0.1, 0.15) is 6.92 Å². The van der Waals surface area contributed by atoms with Gasteiger partial charge in [-0.1, -0.05) is 13.0 Å². The Morgan fingerprint density at radius 3 is 2.56 bits per heavy atom. The van der Waals surface area contributed by atoms with E-state index in [0.29, 0.717) is 0 Å². The maximum Gasteiger partial charge on any atom is 0.226 e. The van der Waals surface area contributed by atoms with Crippen molar-refractivity contribution >= 4 is 17.3 Å². The van der Waals surface area contributed by atoms with Crippen LogP contribution in [-0.2, 0) is 0 Å². The van der Waals surface area contributed by atoms with Crippen LogP contribution in [-0.4, -0.2) is 52.6 Å². The maximum atomic E-state index is 4.95. The predicted octanol–water partition coefficient (Wildman–Crippen LogP) is 3.41. The van der Waals surface area contributed by atoms with E-state index in [1.54, 1.807) is 11.3 Å². The smallest absolute Gasteiger partial charge is 0.226 e. The average molecular weight is 351 g/mol. The Hall–Kier alpha value is -2.31. The Morgan fingerprint density at radius 2 is 1.88 bits per heavy atom. The summed E-state index contributed by atoms with van der Waals surface area (Å²) in [6.45, 7) is 7.42. The summed E-state index contributed by atoms with van der Waals surface area (Å²) in [4.78, 5) is 19.7. The Kier molecular flexibility index (Phi) is 4.72. The number of aromatic nitrogens is 3. The Balaban J connectivity index is 1.71. The van der Waals surface area contributed by atoms with Crippen molar-refractivity contribution in [2.75, 3.05) is 37.6 Å². The minimum Gasteiger partial charge on any atom is -0.338 e. The fourth-order valence-corrected chi connectivity index (χ4v) is 3.86. The molecule has 128 valence electrons. The van der Waals surface area contributed by atoms with Crippen LogP contribution >= 0.6 is 11.3 Å². The van der Waals surface area contributed by atoms with Gasteiger partial charge >= 0.3 is 0 Å².